The van der Waals surface area contributed by atoms with Gasteiger partial charge in [-0.1, -0.05) is 77.8 Å². The summed E-state index contributed by atoms with van der Waals surface area (Å²) < 4.78 is 41.0. The van der Waals surface area contributed by atoms with Crippen LogP contribution in [0.3, 0.4) is 0 Å². The Balaban J connectivity index is 1.62. The highest BCUT2D eigenvalue weighted by Gasteiger charge is 2.36. The molecule has 4 aromatic rings. The molecule has 0 bridgehead atoms. The van der Waals surface area contributed by atoms with Crippen LogP contribution in [0.1, 0.15) is 31.9 Å². The summed E-state index contributed by atoms with van der Waals surface area (Å²) in [6.07, 6.45) is 0.145. The van der Waals surface area contributed by atoms with Gasteiger partial charge in [0, 0.05) is 40.2 Å². The van der Waals surface area contributed by atoms with Crippen molar-refractivity contribution in [3.63, 3.8) is 0 Å². The largest absolute Gasteiger partial charge is 0.486 e. The van der Waals surface area contributed by atoms with Gasteiger partial charge in [0.25, 0.3) is 10.0 Å². The van der Waals surface area contributed by atoms with Gasteiger partial charge in [-0.05, 0) is 62.7 Å². The number of carbonyl (C=O) groups excluding carboxylic acids is 2. The zero-order valence-corrected chi connectivity index (χ0v) is 29.2. The van der Waals surface area contributed by atoms with Crippen LogP contribution in [-0.2, 0) is 32.6 Å². The Bertz CT molecular complexity index is 1850. The minimum absolute atomic E-state index is 0.0142. The van der Waals surface area contributed by atoms with Gasteiger partial charge in [-0.25, -0.2) is 8.42 Å². The zero-order chi connectivity index (χ0) is 34.5. The summed E-state index contributed by atoms with van der Waals surface area (Å²) in [6, 6.07) is 25.7. The van der Waals surface area contributed by atoms with Crippen LogP contribution in [0.25, 0.3) is 0 Å². The molecule has 2 amide bonds. The number of nitrogens with one attached hydrogen (secondary N) is 1. The van der Waals surface area contributed by atoms with Crippen molar-refractivity contribution in [2.45, 2.75) is 50.2 Å². The zero-order valence-electron chi connectivity index (χ0n) is 26.9. The van der Waals surface area contributed by atoms with Crippen LogP contribution in [-0.4, -0.2) is 56.5 Å². The molecule has 0 spiro atoms. The molecule has 1 aliphatic heterocycles. The van der Waals surface area contributed by atoms with Crippen molar-refractivity contribution >= 4 is 50.7 Å². The van der Waals surface area contributed by atoms with E-state index in [2.05, 4.69) is 5.32 Å². The van der Waals surface area contributed by atoms with Crippen molar-refractivity contribution in [3.05, 3.63) is 118 Å². The van der Waals surface area contributed by atoms with E-state index in [1.165, 1.54) is 23.1 Å². The maximum atomic E-state index is 14.7. The number of nitrogens with zero attached hydrogens (tertiary/aromatic N) is 2. The van der Waals surface area contributed by atoms with Crippen LogP contribution in [0.4, 0.5) is 5.69 Å². The monoisotopic (exact) mass is 709 g/mol. The summed E-state index contributed by atoms with van der Waals surface area (Å²) in [7, 11) is -4.30. The van der Waals surface area contributed by atoms with E-state index >= 15 is 0 Å². The van der Waals surface area contributed by atoms with Gasteiger partial charge in [-0.3, -0.25) is 13.9 Å². The first-order valence-electron chi connectivity index (χ1n) is 15.4. The van der Waals surface area contributed by atoms with E-state index < -0.39 is 40.0 Å². The lowest BCUT2D eigenvalue weighted by Crippen LogP contribution is -2.56. The van der Waals surface area contributed by atoms with Gasteiger partial charge in [-0.15, -0.1) is 0 Å². The van der Waals surface area contributed by atoms with Gasteiger partial charge in [0.05, 0.1) is 10.6 Å². The molecule has 5 rings (SSSR count). The number of ether oxygens (including phenoxy) is 2. The van der Waals surface area contributed by atoms with Gasteiger partial charge in [-0.2, -0.15) is 0 Å². The summed E-state index contributed by atoms with van der Waals surface area (Å²) in [6.45, 7) is 5.37. The molecule has 1 N–H and O–H groups in total. The molecule has 252 valence electrons. The van der Waals surface area contributed by atoms with Crippen LogP contribution in [0.5, 0.6) is 11.5 Å². The van der Waals surface area contributed by atoms with Crippen LogP contribution in [0, 0.1) is 0 Å². The second-order valence-corrected chi connectivity index (χ2v) is 15.0. The summed E-state index contributed by atoms with van der Waals surface area (Å²) in [5, 5.41) is 3.61. The smallest absolute Gasteiger partial charge is 0.264 e. The molecule has 12 heteroatoms. The molecule has 48 heavy (non-hydrogen) atoms. The summed E-state index contributed by atoms with van der Waals surface area (Å²) >= 11 is 13.2. The fourth-order valence-electron chi connectivity index (χ4n) is 5.30. The normalized spacial score (nSPS) is 13.4. The highest BCUT2D eigenvalue weighted by atomic mass is 35.5. The Hall–Kier alpha value is -4.25. The summed E-state index contributed by atoms with van der Waals surface area (Å²) in [4.78, 5) is 30.1. The number of hydrogen-bond acceptors (Lipinski definition) is 6. The summed E-state index contributed by atoms with van der Waals surface area (Å²) in [5.41, 5.74) is 0.783. The Morgan fingerprint density at radius 3 is 2.06 bits per heavy atom. The molecule has 0 aliphatic carbocycles. The fourth-order valence-corrected chi connectivity index (χ4v) is 7.24. The van der Waals surface area contributed by atoms with Gasteiger partial charge >= 0.3 is 0 Å². The predicted molar refractivity (Wildman–Crippen MR) is 187 cm³/mol. The first-order valence-corrected chi connectivity index (χ1v) is 17.6. The molecule has 0 fully saturated rings. The van der Waals surface area contributed by atoms with E-state index in [0.29, 0.717) is 33.7 Å². The van der Waals surface area contributed by atoms with Crippen LogP contribution in [0.2, 0.25) is 10.0 Å². The van der Waals surface area contributed by atoms with Crippen LogP contribution in [0.15, 0.2) is 102 Å². The van der Waals surface area contributed by atoms with Gasteiger partial charge in [0.2, 0.25) is 11.8 Å². The Morgan fingerprint density at radius 1 is 0.833 bits per heavy atom. The van der Waals surface area contributed by atoms with E-state index in [4.69, 9.17) is 32.7 Å². The number of sulfonamides is 1. The average Bonchev–Trinajstić information content (AvgIpc) is 3.06. The Labute approximate surface area is 291 Å². The van der Waals surface area contributed by atoms with Gasteiger partial charge in [0.15, 0.2) is 11.5 Å². The van der Waals surface area contributed by atoms with Crippen LogP contribution >= 0.6 is 23.2 Å². The van der Waals surface area contributed by atoms with Crippen LogP contribution < -0.4 is 19.1 Å². The van der Waals surface area contributed by atoms with E-state index in [0.717, 1.165) is 9.87 Å². The highest BCUT2D eigenvalue weighted by molar-refractivity contribution is 7.92. The molecule has 0 saturated heterocycles. The SMILES string of the molecule is CC(C)(C)NC(=O)[C@H](Cc1ccccc1)N(Cc1c(Cl)cccc1Cl)C(=O)CN(c1ccc2c(c1)OCCO2)S(=O)(=O)c1ccccc1. The third-order valence-corrected chi connectivity index (χ3v) is 10.1. The number of anilines is 1. The summed E-state index contributed by atoms with van der Waals surface area (Å²) in [5.74, 6) is -0.249. The molecule has 1 heterocycles. The number of halogens is 2. The molecule has 0 radical (unpaired) electrons. The van der Waals surface area contributed by atoms with E-state index in [9.17, 15) is 18.0 Å². The van der Waals surface area contributed by atoms with Crippen molar-refractivity contribution in [2.75, 3.05) is 24.1 Å². The maximum Gasteiger partial charge on any atom is 0.264 e. The third-order valence-electron chi connectivity index (χ3n) is 7.58. The number of amides is 2. The lowest BCUT2D eigenvalue weighted by atomic mass is 10.0. The first-order chi connectivity index (χ1) is 22.8. The lowest BCUT2D eigenvalue weighted by Gasteiger charge is -2.35. The topological polar surface area (TPSA) is 105 Å². The highest BCUT2D eigenvalue weighted by Crippen LogP contribution is 2.36. The van der Waals surface area contributed by atoms with Crippen molar-refractivity contribution in [2.24, 2.45) is 0 Å². The minimum Gasteiger partial charge on any atom is -0.486 e. The van der Waals surface area contributed by atoms with E-state index in [1.54, 1.807) is 48.5 Å². The molecular formula is C36H37Cl2N3O6S. The number of rotatable bonds is 11. The second kappa shape index (κ2) is 14.9. The maximum absolute atomic E-state index is 14.7. The fraction of sp³-hybridized carbons (Fsp3) is 0.278. The molecule has 1 aliphatic rings. The van der Waals surface area contributed by atoms with E-state index in [-0.39, 0.29) is 30.2 Å². The number of fused-ring (bicyclic) bond motifs is 1. The van der Waals surface area contributed by atoms with Crippen molar-refractivity contribution < 1.29 is 27.5 Å². The first kappa shape index (κ1) is 35.1. The molecule has 4 aromatic carbocycles. The number of hydrogen-bond donors (Lipinski definition) is 1. The minimum atomic E-state index is -4.30. The molecular weight excluding hydrogens is 673 g/mol. The molecule has 0 unspecified atom stereocenters. The average molecular weight is 711 g/mol. The standard InChI is InChI=1S/C36H37Cl2N3O6S/c1-36(2,3)39-35(43)31(21-25-11-6-4-7-12-25)40(23-28-29(37)15-10-16-30(28)38)34(42)24-41(48(44,45)27-13-8-5-9-14-27)26-17-18-32-33(22-26)47-20-19-46-32/h4-18,22,31H,19-21,23-24H2,1-3H3,(H,39,43)/t31-/m0/s1. The van der Waals surface area contributed by atoms with Crippen molar-refractivity contribution in [3.8, 4) is 11.5 Å². The van der Waals surface area contributed by atoms with Crippen molar-refractivity contribution in [1.29, 1.82) is 0 Å². The number of carbonyl (C=O) groups is 2. The molecule has 0 aromatic heterocycles. The number of benzene rings is 4. The predicted octanol–water partition coefficient (Wildman–Crippen LogP) is 6.51. The molecule has 9 nitrogen and oxygen atoms in total. The van der Waals surface area contributed by atoms with E-state index in [1.807, 2.05) is 51.1 Å². The molecule has 1 atom stereocenters. The molecule has 0 saturated carbocycles. The lowest BCUT2D eigenvalue weighted by molar-refractivity contribution is -0.140. The second-order valence-electron chi connectivity index (χ2n) is 12.3. The van der Waals surface area contributed by atoms with Gasteiger partial charge in [0.1, 0.15) is 25.8 Å². The van der Waals surface area contributed by atoms with Crippen molar-refractivity contribution in [1.82, 2.24) is 10.2 Å². The van der Waals surface area contributed by atoms with Gasteiger partial charge < -0.3 is 19.7 Å². The Morgan fingerprint density at radius 2 is 1.44 bits per heavy atom. The Kier molecular flexibility index (Phi) is 10.9. The third kappa shape index (κ3) is 8.42. The quantitative estimate of drug-likeness (QED) is 0.190.